The van der Waals surface area contributed by atoms with Crippen LogP contribution in [0.2, 0.25) is 0 Å². The first-order chi connectivity index (χ1) is 9.79. The first-order valence-corrected chi connectivity index (χ1v) is 6.60. The fourth-order valence-electron chi connectivity index (χ4n) is 1.80. The molecule has 0 radical (unpaired) electrons. The van der Waals surface area contributed by atoms with Crippen LogP contribution in [0, 0.1) is 0 Å². The normalized spacial score (nSPS) is 12.8. The molecule has 1 aromatic rings. The van der Waals surface area contributed by atoms with Crippen LogP contribution < -0.4 is 10.6 Å². The standard InChI is InChI=1S/C14H20F3N3O/c1-20(2)13(21)19-9-8-18-12(10-14(15,16)17)11-6-4-3-5-7-11/h3-7,12,18H,8-10H2,1-2H3,(H,19,21). The van der Waals surface area contributed by atoms with Crippen LogP contribution in [-0.2, 0) is 0 Å². The number of nitrogens with zero attached hydrogens (tertiary/aromatic N) is 1. The van der Waals surface area contributed by atoms with Crippen LogP contribution in [0.5, 0.6) is 0 Å². The van der Waals surface area contributed by atoms with Gasteiger partial charge in [0.05, 0.1) is 6.42 Å². The molecule has 0 heterocycles. The van der Waals surface area contributed by atoms with Crippen LogP contribution in [0.3, 0.4) is 0 Å². The Bertz CT molecular complexity index is 435. The maximum absolute atomic E-state index is 12.6. The van der Waals surface area contributed by atoms with Gasteiger partial charge in [0.2, 0.25) is 0 Å². The van der Waals surface area contributed by atoms with Gasteiger partial charge in [-0.05, 0) is 5.56 Å². The molecule has 1 rings (SSSR count). The first-order valence-electron chi connectivity index (χ1n) is 6.60. The predicted molar refractivity (Wildman–Crippen MR) is 74.9 cm³/mol. The first kappa shape index (κ1) is 17.3. The molecule has 0 aromatic heterocycles. The zero-order chi connectivity index (χ0) is 15.9. The van der Waals surface area contributed by atoms with Crippen LogP contribution >= 0.6 is 0 Å². The summed E-state index contributed by atoms with van der Waals surface area (Å²) in [5.74, 6) is 0. The van der Waals surface area contributed by atoms with E-state index in [1.807, 2.05) is 0 Å². The van der Waals surface area contributed by atoms with E-state index in [1.54, 1.807) is 44.4 Å². The summed E-state index contributed by atoms with van der Waals surface area (Å²) in [4.78, 5) is 12.7. The number of alkyl halides is 3. The zero-order valence-corrected chi connectivity index (χ0v) is 12.1. The number of rotatable bonds is 6. The fraction of sp³-hybridized carbons (Fsp3) is 0.500. The lowest BCUT2D eigenvalue weighted by atomic mass is 10.0. The van der Waals surface area contributed by atoms with Gasteiger partial charge in [0.15, 0.2) is 0 Å². The van der Waals surface area contributed by atoms with Crippen LogP contribution in [0.15, 0.2) is 30.3 Å². The summed E-state index contributed by atoms with van der Waals surface area (Å²) >= 11 is 0. The second-order valence-electron chi connectivity index (χ2n) is 4.86. The van der Waals surface area contributed by atoms with Crippen molar-refractivity contribution in [3.63, 3.8) is 0 Å². The van der Waals surface area contributed by atoms with E-state index >= 15 is 0 Å². The van der Waals surface area contributed by atoms with Crippen molar-refractivity contribution in [3.8, 4) is 0 Å². The summed E-state index contributed by atoms with van der Waals surface area (Å²) < 4.78 is 37.9. The van der Waals surface area contributed by atoms with E-state index in [0.717, 1.165) is 0 Å². The SMILES string of the molecule is CN(C)C(=O)NCCNC(CC(F)(F)F)c1ccccc1. The Labute approximate surface area is 122 Å². The molecule has 0 aliphatic rings. The summed E-state index contributed by atoms with van der Waals surface area (Å²) in [6, 6.07) is 7.38. The molecule has 7 heteroatoms. The highest BCUT2D eigenvalue weighted by Crippen LogP contribution is 2.29. The third-order valence-electron chi connectivity index (χ3n) is 2.84. The third-order valence-corrected chi connectivity index (χ3v) is 2.84. The Hall–Kier alpha value is -1.76. The molecule has 0 aliphatic carbocycles. The van der Waals surface area contributed by atoms with Crippen LogP contribution in [0.4, 0.5) is 18.0 Å². The van der Waals surface area contributed by atoms with Gasteiger partial charge in [-0.15, -0.1) is 0 Å². The molecular formula is C14H20F3N3O. The van der Waals surface area contributed by atoms with Crippen molar-refractivity contribution in [2.45, 2.75) is 18.6 Å². The lowest BCUT2D eigenvalue weighted by Gasteiger charge is -2.21. The van der Waals surface area contributed by atoms with Crippen molar-refractivity contribution in [2.75, 3.05) is 27.2 Å². The molecule has 21 heavy (non-hydrogen) atoms. The average Bonchev–Trinajstić information content (AvgIpc) is 2.41. The zero-order valence-electron chi connectivity index (χ0n) is 12.1. The fourth-order valence-corrected chi connectivity index (χ4v) is 1.80. The lowest BCUT2D eigenvalue weighted by Crippen LogP contribution is -2.39. The molecule has 0 saturated heterocycles. The minimum atomic E-state index is -4.25. The van der Waals surface area contributed by atoms with Crippen molar-refractivity contribution in [1.29, 1.82) is 0 Å². The van der Waals surface area contributed by atoms with Gasteiger partial charge in [-0.1, -0.05) is 30.3 Å². The third kappa shape index (κ3) is 6.99. The molecule has 2 N–H and O–H groups in total. The summed E-state index contributed by atoms with van der Waals surface area (Å²) in [5.41, 5.74) is 0.578. The molecule has 1 atom stereocenters. The summed E-state index contributed by atoms with van der Waals surface area (Å²) in [6.07, 6.45) is -5.20. The highest BCUT2D eigenvalue weighted by Gasteiger charge is 2.32. The van der Waals surface area contributed by atoms with Gasteiger partial charge in [-0.25, -0.2) is 4.79 Å². The van der Waals surface area contributed by atoms with Crippen LogP contribution in [-0.4, -0.2) is 44.3 Å². The smallest absolute Gasteiger partial charge is 0.337 e. The van der Waals surface area contributed by atoms with E-state index < -0.39 is 18.6 Å². The largest absolute Gasteiger partial charge is 0.390 e. The summed E-state index contributed by atoms with van der Waals surface area (Å²) in [7, 11) is 3.19. The van der Waals surface area contributed by atoms with Crippen molar-refractivity contribution < 1.29 is 18.0 Å². The molecule has 0 bridgehead atoms. The van der Waals surface area contributed by atoms with E-state index in [9.17, 15) is 18.0 Å². The Morgan fingerprint density at radius 2 is 1.81 bits per heavy atom. The van der Waals surface area contributed by atoms with Crippen molar-refractivity contribution in [2.24, 2.45) is 0 Å². The second kappa shape index (κ2) is 7.87. The second-order valence-corrected chi connectivity index (χ2v) is 4.86. The molecule has 1 unspecified atom stereocenters. The van der Waals surface area contributed by atoms with Gasteiger partial charge in [0, 0.05) is 33.2 Å². The predicted octanol–water partition coefficient (Wildman–Crippen LogP) is 2.54. The number of benzene rings is 1. The van der Waals surface area contributed by atoms with Gasteiger partial charge in [0.25, 0.3) is 0 Å². The number of hydrogen-bond acceptors (Lipinski definition) is 2. The molecule has 0 fully saturated rings. The highest BCUT2D eigenvalue weighted by molar-refractivity contribution is 5.73. The Morgan fingerprint density at radius 1 is 1.19 bits per heavy atom. The van der Waals surface area contributed by atoms with Crippen LogP contribution in [0.1, 0.15) is 18.0 Å². The number of halogens is 3. The number of urea groups is 1. The van der Waals surface area contributed by atoms with E-state index in [4.69, 9.17) is 0 Å². The van der Waals surface area contributed by atoms with Crippen LogP contribution in [0.25, 0.3) is 0 Å². The van der Waals surface area contributed by atoms with E-state index in [2.05, 4.69) is 10.6 Å². The lowest BCUT2D eigenvalue weighted by molar-refractivity contribution is -0.140. The summed E-state index contributed by atoms with van der Waals surface area (Å²) in [6.45, 7) is 0.521. The molecule has 1 aromatic carbocycles. The quantitative estimate of drug-likeness (QED) is 0.793. The molecular weight excluding hydrogens is 283 g/mol. The Morgan fingerprint density at radius 3 is 2.33 bits per heavy atom. The maximum atomic E-state index is 12.6. The van der Waals surface area contributed by atoms with Gasteiger partial charge in [-0.3, -0.25) is 0 Å². The Balaban J connectivity index is 2.53. The number of amides is 2. The average molecular weight is 303 g/mol. The monoisotopic (exact) mass is 303 g/mol. The number of carbonyl (C=O) groups excluding carboxylic acids is 1. The molecule has 2 amide bonds. The van der Waals surface area contributed by atoms with Crippen molar-refractivity contribution in [1.82, 2.24) is 15.5 Å². The molecule has 0 saturated carbocycles. The van der Waals surface area contributed by atoms with Gasteiger partial charge in [-0.2, -0.15) is 13.2 Å². The molecule has 0 spiro atoms. The van der Waals surface area contributed by atoms with E-state index in [0.29, 0.717) is 5.56 Å². The van der Waals surface area contributed by atoms with Gasteiger partial charge < -0.3 is 15.5 Å². The van der Waals surface area contributed by atoms with Crippen molar-refractivity contribution >= 4 is 6.03 Å². The molecule has 118 valence electrons. The number of hydrogen-bond donors (Lipinski definition) is 2. The maximum Gasteiger partial charge on any atom is 0.390 e. The van der Waals surface area contributed by atoms with E-state index in [-0.39, 0.29) is 19.1 Å². The van der Waals surface area contributed by atoms with Crippen molar-refractivity contribution in [3.05, 3.63) is 35.9 Å². The summed E-state index contributed by atoms with van der Waals surface area (Å²) in [5, 5.41) is 5.43. The number of carbonyl (C=O) groups is 1. The highest BCUT2D eigenvalue weighted by atomic mass is 19.4. The number of nitrogens with one attached hydrogen (secondary N) is 2. The molecule has 0 aliphatic heterocycles. The van der Waals surface area contributed by atoms with E-state index in [1.165, 1.54) is 4.90 Å². The minimum Gasteiger partial charge on any atom is -0.337 e. The minimum absolute atomic E-state index is 0.259. The Kier molecular flexibility index (Phi) is 6.48. The molecule has 4 nitrogen and oxygen atoms in total. The topological polar surface area (TPSA) is 44.4 Å². The van der Waals surface area contributed by atoms with Gasteiger partial charge in [0.1, 0.15) is 0 Å². The van der Waals surface area contributed by atoms with Gasteiger partial charge >= 0.3 is 12.2 Å².